The first-order valence-electron chi connectivity index (χ1n) is 17.6. The van der Waals surface area contributed by atoms with E-state index in [1.807, 2.05) is 50.5 Å². The van der Waals surface area contributed by atoms with Crippen molar-refractivity contribution in [3.8, 4) is 16.9 Å². The van der Waals surface area contributed by atoms with Gasteiger partial charge in [-0.1, -0.05) is 32.9 Å². The first-order valence-corrected chi connectivity index (χ1v) is 21.6. The Morgan fingerprint density at radius 1 is 1.10 bits per heavy atom. The van der Waals surface area contributed by atoms with E-state index in [-0.39, 0.29) is 28.0 Å². The number of carbonyl (C=O) groups excluding carboxylic acids is 1. The Morgan fingerprint density at radius 3 is 2.44 bits per heavy atom. The molecule has 3 aliphatic rings. The molecule has 278 valence electrons. The Bertz CT molecular complexity index is 2070. The highest BCUT2D eigenvalue weighted by Crippen LogP contribution is 2.55. The SMILES string of the molecule is CC1(O[Si](C)(C)C(C)(C)C)CC(N[S@@+]([O-])C(C)(C)C)(c2ncc(-c3ccc4nc5n(c4c3)[C@@H]3C[C@H]5NC(=O)c4cccc(OC(F)F)c43)cc2F)C1. The lowest BCUT2D eigenvalue weighted by atomic mass is 9.64. The lowest BCUT2D eigenvalue weighted by molar-refractivity contribution is -0.0720. The van der Waals surface area contributed by atoms with E-state index >= 15 is 4.39 Å². The van der Waals surface area contributed by atoms with Crippen LogP contribution in [0.3, 0.4) is 0 Å². The molecule has 0 radical (unpaired) electrons. The second-order valence-corrected chi connectivity index (χ2v) is 23.9. The van der Waals surface area contributed by atoms with E-state index in [2.05, 4.69) is 43.9 Å². The van der Waals surface area contributed by atoms with E-state index in [0.29, 0.717) is 52.8 Å². The summed E-state index contributed by atoms with van der Waals surface area (Å²) in [6, 6.07) is 10.6. The van der Waals surface area contributed by atoms with E-state index < -0.39 is 60.1 Å². The zero-order valence-electron chi connectivity index (χ0n) is 31.0. The second-order valence-electron chi connectivity index (χ2n) is 17.2. The van der Waals surface area contributed by atoms with Crippen LogP contribution in [0.1, 0.15) is 107 Å². The molecule has 52 heavy (non-hydrogen) atoms. The Balaban J connectivity index is 1.25. The summed E-state index contributed by atoms with van der Waals surface area (Å²) in [4.78, 5) is 22.7. The second kappa shape index (κ2) is 12.3. The molecule has 2 bridgehead atoms. The number of fused-ring (bicyclic) bond motifs is 9. The zero-order chi connectivity index (χ0) is 37.8. The molecule has 0 saturated heterocycles. The molecule has 1 saturated carbocycles. The largest absolute Gasteiger partial charge is 0.598 e. The number of hydrogen-bond donors (Lipinski definition) is 2. The molecule has 4 aromatic rings. The van der Waals surface area contributed by atoms with Crippen LogP contribution >= 0.6 is 0 Å². The van der Waals surface area contributed by atoms with E-state index in [1.54, 1.807) is 12.3 Å². The summed E-state index contributed by atoms with van der Waals surface area (Å²) < 4.78 is 73.3. The first-order chi connectivity index (χ1) is 24.1. The van der Waals surface area contributed by atoms with Gasteiger partial charge in [0.05, 0.1) is 28.7 Å². The lowest BCUT2D eigenvalue weighted by Crippen LogP contribution is -2.67. The number of rotatable bonds is 8. The summed E-state index contributed by atoms with van der Waals surface area (Å²) in [6.07, 6.45) is 2.85. The van der Waals surface area contributed by atoms with Gasteiger partial charge in [-0.2, -0.15) is 8.78 Å². The number of halogens is 3. The van der Waals surface area contributed by atoms with Crippen molar-refractivity contribution in [2.75, 3.05) is 0 Å². The Labute approximate surface area is 306 Å². The normalized spacial score (nSPS) is 25.0. The van der Waals surface area contributed by atoms with Crippen LogP contribution in [0.4, 0.5) is 13.2 Å². The molecule has 2 aromatic carbocycles. The van der Waals surface area contributed by atoms with Crippen LogP contribution in [-0.4, -0.2) is 50.3 Å². The van der Waals surface area contributed by atoms with Gasteiger partial charge in [-0.05, 0) is 88.1 Å². The highest BCUT2D eigenvalue weighted by atomic mass is 32.2. The number of nitrogens with one attached hydrogen (secondary N) is 2. The number of hydrogen-bond acceptors (Lipinski definition) is 7. The van der Waals surface area contributed by atoms with Crippen LogP contribution in [-0.2, 0) is 21.3 Å². The van der Waals surface area contributed by atoms with Gasteiger partial charge in [0.2, 0.25) is 0 Å². The summed E-state index contributed by atoms with van der Waals surface area (Å²) in [6.45, 7) is 15.5. The molecular weight excluding hydrogens is 708 g/mol. The maximum Gasteiger partial charge on any atom is 0.387 e. The highest BCUT2D eigenvalue weighted by Gasteiger charge is 2.61. The monoisotopic (exact) mass is 753 g/mol. The van der Waals surface area contributed by atoms with Crippen molar-refractivity contribution in [3.05, 3.63) is 77.1 Å². The standard InChI is InChI=1S/C38H46F3N5O4SSi/c1-35(2,3)51(48)45-38(19-37(7,20-38)50-52(8,9)36(4,5)6)31-24(39)15-22(18-42-31)21-13-14-25-27(16-21)46-28-17-26(32(46)43-25)44-33(47)23-11-10-12-29(30(23)28)49-34(40)41/h10-16,18,26,28,34,45H,17,19-20H2,1-9H3,(H,44,47)/t26-,28-,37?,38?,51+/m1/s1. The maximum absolute atomic E-state index is 16.5. The van der Waals surface area contributed by atoms with Crippen LogP contribution in [0.25, 0.3) is 22.2 Å². The van der Waals surface area contributed by atoms with E-state index in [9.17, 15) is 18.1 Å². The summed E-state index contributed by atoms with van der Waals surface area (Å²) in [7, 11) is -2.17. The van der Waals surface area contributed by atoms with Gasteiger partial charge in [0.15, 0.2) is 8.32 Å². The van der Waals surface area contributed by atoms with Crippen molar-refractivity contribution >= 4 is 36.6 Å². The first kappa shape index (κ1) is 36.9. The van der Waals surface area contributed by atoms with Gasteiger partial charge < -0.3 is 23.6 Å². The Morgan fingerprint density at radius 2 is 1.81 bits per heavy atom. The molecule has 0 spiro atoms. The highest BCUT2D eigenvalue weighted by molar-refractivity contribution is 7.90. The average Bonchev–Trinajstić information content (AvgIpc) is 3.50. The van der Waals surface area contributed by atoms with Crippen LogP contribution in [0.2, 0.25) is 18.1 Å². The van der Waals surface area contributed by atoms with E-state index in [4.69, 9.17) is 19.1 Å². The number of pyridine rings is 1. The third-order valence-corrected chi connectivity index (χ3v) is 17.4. The van der Waals surface area contributed by atoms with Gasteiger partial charge in [0.1, 0.15) is 33.4 Å². The molecular formula is C38H46F3N5O4SSi. The Hall–Kier alpha value is -3.43. The molecule has 3 atom stereocenters. The van der Waals surface area contributed by atoms with Crippen molar-refractivity contribution in [3.63, 3.8) is 0 Å². The fraction of sp³-hybridized carbons (Fsp3) is 0.500. The molecule has 2 aromatic heterocycles. The number of alkyl halides is 2. The third kappa shape index (κ3) is 6.23. The average molecular weight is 754 g/mol. The van der Waals surface area contributed by atoms with Crippen LogP contribution in [0.5, 0.6) is 5.75 Å². The minimum absolute atomic E-state index is 0.0189. The number of nitrogens with zero attached hydrogens (tertiary/aromatic N) is 3. The van der Waals surface area contributed by atoms with Crippen LogP contribution < -0.4 is 14.8 Å². The molecule has 0 unspecified atom stereocenters. The summed E-state index contributed by atoms with van der Waals surface area (Å²) in [5, 5.41) is 2.98. The topological polar surface area (TPSA) is 113 Å². The predicted molar refractivity (Wildman–Crippen MR) is 198 cm³/mol. The van der Waals surface area contributed by atoms with Crippen LogP contribution in [0.15, 0.2) is 48.7 Å². The minimum atomic E-state index is -3.06. The quantitative estimate of drug-likeness (QED) is 0.137. The van der Waals surface area contributed by atoms with Crippen molar-refractivity contribution in [1.29, 1.82) is 0 Å². The molecule has 14 heteroatoms. The third-order valence-electron chi connectivity index (χ3n) is 11.1. The maximum atomic E-state index is 16.5. The Kier molecular flexibility index (Phi) is 8.73. The fourth-order valence-corrected chi connectivity index (χ4v) is 10.4. The molecule has 4 heterocycles. The lowest BCUT2D eigenvalue weighted by Gasteiger charge is -2.57. The van der Waals surface area contributed by atoms with Crippen molar-refractivity contribution in [1.82, 2.24) is 24.6 Å². The van der Waals surface area contributed by atoms with Gasteiger partial charge in [0, 0.05) is 47.1 Å². The molecule has 2 aliphatic heterocycles. The summed E-state index contributed by atoms with van der Waals surface area (Å²) in [5.74, 6) is -0.352. The molecule has 7 rings (SSSR count). The smallest absolute Gasteiger partial charge is 0.387 e. The number of ether oxygens (including phenoxy) is 1. The molecule has 2 N–H and O–H groups in total. The molecule has 9 nitrogen and oxygen atoms in total. The van der Waals surface area contributed by atoms with Gasteiger partial charge in [0.25, 0.3) is 5.91 Å². The number of aromatic nitrogens is 3. The van der Waals surface area contributed by atoms with Crippen molar-refractivity contribution < 1.29 is 31.7 Å². The van der Waals surface area contributed by atoms with E-state index in [0.717, 1.165) is 0 Å². The molecule has 1 aliphatic carbocycles. The zero-order valence-corrected chi connectivity index (χ0v) is 32.8. The van der Waals surface area contributed by atoms with Crippen molar-refractivity contribution in [2.24, 2.45) is 0 Å². The van der Waals surface area contributed by atoms with Gasteiger partial charge in [-0.25, -0.2) is 9.37 Å². The van der Waals surface area contributed by atoms with Gasteiger partial charge in [-0.15, -0.1) is 4.72 Å². The van der Waals surface area contributed by atoms with Gasteiger partial charge >= 0.3 is 6.61 Å². The number of benzene rings is 2. The number of carbonyl (C=O) groups is 1. The number of amides is 1. The molecule has 1 fully saturated rings. The molecule has 1 amide bonds. The number of imidazole rings is 1. The van der Waals surface area contributed by atoms with Gasteiger partial charge in [-0.3, -0.25) is 9.78 Å². The predicted octanol–water partition coefficient (Wildman–Crippen LogP) is 8.44. The van der Waals surface area contributed by atoms with E-state index in [1.165, 1.54) is 18.2 Å². The fourth-order valence-electron chi connectivity index (χ4n) is 7.82. The van der Waals surface area contributed by atoms with Crippen molar-refractivity contribution in [2.45, 2.75) is 120 Å². The van der Waals surface area contributed by atoms with Crippen LogP contribution in [0, 0.1) is 5.82 Å². The summed E-state index contributed by atoms with van der Waals surface area (Å²) in [5.41, 5.74) is 1.84. The summed E-state index contributed by atoms with van der Waals surface area (Å²) >= 11 is -1.50. The minimum Gasteiger partial charge on any atom is -0.598 e.